The van der Waals surface area contributed by atoms with Crippen molar-refractivity contribution in [1.29, 1.82) is 0 Å². The van der Waals surface area contributed by atoms with E-state index in [1.54, 1.807) is 31.4 Å². The minimum Gasteiger partial charge on any atom is -0.497 e. The summed E-state index contributed by atoms with van der Waals surface area (Å²) in [7, 11) is 3.03. The SMILES string of the molecule is C=C1C(=O)[C@]23CC[C@H]1CC2C1(C(=O)OC)CCCC(C)(C)C1C[C@H]3OC(=O)c1ccc(OC)cc1. The molecule has 6 nitrogen and oxygen atoms in total. The van der Waals surface area contributed by atoms with Crippen molar-refractivity contribution in [2.75, 3.05) is 14.2 Å². The Morgan fingerprint density at radius 3 is 2.37 bits per heavy atom. The summed E-state index contributed by atoms with van der Waals surface area (Å²) in [5.41, 5.74) is -0.760. The van der Waals surface area contributed by atoms with E-state index in [2.05, 4.69) is 20.4 Å². The van der Waals surface area contributed by atoms with Crippen LogP contribution in [0.25, 0.3) is 0 Å². The van der Waals surface area contributed by atoms with Crippen LogP contribution in [0, 0.1) is 34.0 Å². The highest BCUT2D eigenvalue weighted by Crippen LogP contribution is 2.71. The van der Waals surface area contributed by atoms with Crippen molar-refractivity contribution in [1.82, 2.24) is 0 Å². The van der Waals surface area contributed by atoms with Crippen LogP contribution in [0.3, 0.4) is 0 Å². The first kappa shape index (κ1) is 24.1. The summed E-state index contributed by atoms with van der Waals surface area (Å²) in [6, 6.07) is 6.82. The van der Waals surface area contributed by atoms with Crippen LogP contribution in [0.5, 0.6) is 5.75 Å². The van der Waals surface area contributed by atoms with Crippen molar-refractivity contribution in [2.24, 2.45) is 34.0 Å². The highest BCUT2D eigenvalue weighted by molar-refractivity contribution is 6.03. The lowest BCUT2D eigenvalue weighted by Gasteiger charge is -2.67. The smallest absolute Gasteiger partial charge is 0.338 e. The molecule has 5 aliphatic rings. The molecule has 0 saturated heterocycles. The fraction of sp³-hybridized carbons (Fsp3) is 0.621. The molecule has 6 heteroatoms. The fourth-order valence-electron chi connectivity index (χ4n) is 8.38. The predicted octanol–water partition coefficient (Wildman–Crippen LogP) is 5.15. The molecule has 6 rings (SSSR count). The van der Waals surface area contributed by atoms with E-state index in [0.29, 0.717) is 36.1 Å². The van der Waals surface area contributed by atoms with Crippen molar-refractivity contribution in [3.63, 3.8) is 0 Å². The molecule has 0 aliphatic heterocycles. The van der Waals surface area contributed by atoms with Gasteiger partial charge in [0.1, 0.15) is 11.9 Å². The molecule has 0 radical (unpaired) electrons. The molecule has 5 fully saturated rings. The van der Waals surface area contributed by atoms with Gasteiger partial charge in [0.15, 0.2) is 5.78 Å². The lowest BCUT2D eigenvalue weighted by atomic mass is 9.35. The van der Waals surface area contributed by atoms with Gasteiger partial charge in [0.2, 0.25) is 0 Å². The van der Waals surface area contributed by atoms with Crippen LogP contribution in [-0.4, -0.2) is 38.0 Å². The fourth-order valence-corrected chi connectivity index (χ4v) is 8.38. The van der Waals surface area contributed by atoms with Gasteiger partial charge in [-0.1, -0.05) is 26.8 Å². The van der Waals surface area contributed by atoms with Crippen LogP contribution in [0.15, 0.2) is 36.4 Å². The predicted molar refractivity (Wildman–Crippen MR) is 130 cm³/mol. The van der Waals surface area contributed by atoms with E-state index in [1.165, 1.54) is 7.11 Å². The van der Waals surface area contributed by atoms with E-state index in [0.717, 1.165) is 25.7 Å². The maximum absolute atomic E-state index is 14.0. The largest absolute Gasteiger partial charge is 0.497 e. The Morgan fingerprint density at radius 1 is 1.00 bits per heavy atom. The molecule has 0 heterocycles. The average molecular weight is 481 g/mol. The Labute approximate surface area is 207 Å². The van der Waals surface area contributed by atoms with E-state index in [9.17, 15) is 14.4 Å². The molecule has 0 N–H and O–H groups in total. The van der Waals surface area contributed by atoms with Crippen molar-refractivity contribution in [3.8, 4) is 5.75 Å². The third-order valence-corrected chi connectivity index (χ3v) is 10.0. The van der Waals surface area contributed by atoms with Crippen LogP contribution in [0.2, 0.25) is 0 Å². The number of hydrogen-bond donors (Lipinski definition) is 0. The van der Waals surface area contributed by atoms with Gasteiger partial charge in [-0.25, -0.2) is 4.79 Å². The van der Waals surface area contributed by atoms with E-state index < -0.39 is 22.9 Å². The van der Waals surface area contributed by atoms with Gasteiger partial charge < -0.3 is 14.2 Å². The van der Waals surface area contributed by atoms with Crippen LogP contribution in [0.1, 0.15) is 69.2 Å². The number of fused-ring (bicyclic) bond motifs is 3. The van der Waals surface area contributed by atoms with E-state index in [4.69, 9.17) is 14.2 Å². The van der Waals surface area contributed by atoms with Crippen molar-refractivity contribution in [2.45, 2.75) is 64.9 Å². The molecule has 0 amide bonds. The number of ketones is 1. The molecule has 0 aromatic heterocycles. The zero-order valence-corrected chi connectivity index (χ0v) is 21.2. The number of rotatable bonds is 4. The first-order valence-electron chi connectivity index (χ1n) is 12.8. The van der Waals surface area contributed by atoms with E-state index in [-0.39, 0.29) is 34.9 Å². The van der Waals surface area contributed by atoms with Crippen molar-refractivity contribution >= 4 is 17.7 Å². The highest BCUT2D eigenvalue weighted by Gasteiger charge is 2.74. The molecule has 2 bridgehead atoms. The molecule has 6 atom stereocenters. The zero-order chi connectivity index (χ0) is 25.2. The zero-order valence-electron chi connectivity index (χ0n) is 21.2. The van der Waals surface area contributed by atoms with Crippen LogP contribution in [-0.2, 0) is 19.1 Å². The summed E-state index contributed by atoms with van der Waals surface area (Å²) >= 11 is 0. The quantitative estimate of drug-likeness (QED) is 0.438. The van der Waals surface area contributed by atoms with E-state index in [1.807, 2.05) is 0 Å². The number of carbonyl (C=O) groups is 3. The molecule has 3 unspecified atom stereocenters. The lowest BCUT2D eigenvalue weighted by molar-refractivity contribution is -0.227. The molecule has 5 aliphatic carbocycles. The van der Waals surface area contributed by atoms with Gasteiger partial charge in [-0.2, -0.15) is 0 Å². The molecule has 35 heavy (non-hydrogen) atoms. The summed E-state index contributed by atoms with van der Waals surface area (Å²) in [5, 5.41) is 0. The standard InChI is InChI=1S/C29H36O6/c1-17-19-11-14-29(24(17)30)22(15-19)28(26(32)34-5)13-6-12-27(2,3)21(28)16-23(29)35-25(31)18-7-9-20(33-4)10-8-18/h7-10,19,21-23H,1,6,11-16H2,2-5H3/t19-,21?,22?,23+,28?,29+/m0/s1. The summed E-state index contributed by atoms with van der Waals surface area (Å²) in [5.74, 6) is -0.184. The van der Waals surface area contributed by atoms with Gasteiger partial charge in [0, 0.05) is 0 Å². The monoisotopic (exact) mass is 480 g/mol. The second-order valence-electron chi connectivity index (χ2n) is 11.7. The first-order chi connectivity index (χ1) is 16.6. The molecule has 188 valence electrons. The number of esters is 2. The summed E-state index contributed by atoms with van der Waals surface area (Å²) in [6.45, 7) is 8.56. The van der Waals surface area contributed by atoms with Gasteiger partial charge in [-0.15, -0.1) is 0 Å². The normalized spacial score (nSPS) is 37.1. The summed E-state index contributed by atoms with van der Waals surface area (Å²) in [6.07, 6.45) is 4.67. The Kier molecular flexibility index (Phi) is 5.65. The minimum absolute atomic E-state index is 0.0114. The second-order valence-corrected chi connectivity index (χ2v) is 11.7. The second kappa shape index (κ2) is 8.21. The highest BCUT2D eigenvalue weighted by atomic mass is 16.5. The lowest BCUT2D eigenvalue weighted by Crippen LogP contribution is -2.71. The topological polar surface area (TPSA) is 78.9 Å². The summed E-state index contributed by atoms with van der Waals surface area (Å²) in [4.78, 5) is 41.0. The molecule has 5 saturated carbocycles. The molecule has 1 spiro atoms. The summed E-state index contributed by atoms with van der Waals surface area (Å²) < 4.78 is 16.9. The van der Waals surface area contributed by atoms with Gasteiger partial charge in [-0.3, -0.25) is 9.59 Å². The molecule has 1 aromatic rings. The Morgan fingerprint density at radius 2 is 1.71 bits per heavy atom. The van der Waals surface area contributed by atoms with Crippen LogP contribution >= 0.6 is 0 Å². The first-order valence-corrected chi connectivity index (χ1v) is 12.8. The van der Waals surface area contributed by atoms with Gasteiger partial charge in [-0.05, 0) is 91.5 Å². The number of allylic oxidation sites excluding steroid dienone is 1. The maximum atomic E-state index is 14.0. The maximum Gasteiger partial charge on any atom is 0.338 e. The number of methoxy groups -OCH3 is 2. The third-order valence-electron chi connectivity index (χ3n) is 10.0. The number of benzene rings is 1. The Bertz CT molecular complexity index is 1070. The Balaban J connectivity index is 1.61. The Hall–Kier alpha value is -2.63. The minimum atomic E-state index is -0.925. The van der Waals surface area contributed by atoms with Gasteiger partial charge in [0.05, 0.1) is 30.6 Å². The van der Waals surface area contributed by atoms with Gasteiger partial charge in [0.25, 0.3) is 0 Å². The van der Waals surface area contributed by atoms with Crippen molar-refractivity contribution < 1.29 is 28.6 Å². The van der Waals surface area contributed by atoms with Crippen molar-refractivity contribution in [3.05, 3.63) is 42.0 Å². The molecular weight excluding hydrogens is 444 g/mol. The van der Waals surface area contributed by atoms with Crippen LogP contribution < -0.4 is 4.74 Å². The molecule has 1 aromatic carbocycles. The third kappa shape index (κ3) is 3.24. The average Bonchev–Trinajstić information content (AvgIpc) is 2.86. The van der Waals surface area contributed by atoms with E-state index >= 15 is 0 Å². The van der Waals surface area contributed by atoms with Gasteiger partial charge >= 0.3 is 11.9 Å². The number of hydrogen-bond acceptors (Lipinski definition) is 6. The van der Waals surface area contributed by atoms with Crippen LogP contribution in [0.4, 0.5) is 0 Å². The number of ether oxygens (including phenoxy) is 3. The number of carbonyl (C=O) groups excluding carboxylic acids is 3. The number of Topliss-reactive ketones (excluding diaryl/α,β-unsaturated/α-hetero) is 1. The molecular formula is C29H36O6.